The van der Waals surface area contributed by atoms with Gasteiger partial charge in [-0.1, -0.05) is 54.1 Å². The maximum absolute atomic E-state index is 11.7. The van der Waals surface area contributed by atoms with E-state index in [4.69, 9.17) is 11.6 Å². The monoisotopic (exact) mass is 385 g/mol. The van der Waals surface area contributed by atoms with Crippen LogP contribution in [0.4, 0.5) is 0 Å². The van der Waals surface area contributed by atoms with E-state index in [2.05, 4.69) is 16.2 Å². The fourth-order valence-corrected chi connectivity index (χ4v) is 2.22. The Morgan fingerprint density at radius 3 is 2.22 bits per heavy atom. The van der Waals surface area contributed by atoms with Gasteiger partial charge in [-0.3, -0.25) is 25.2 Å². The first kappa shape index (κ1) is 20.2. The van der Waals surface area contributed by atoms with Crippen molar-refractivity contribution in [3.63, 3.8) is 0 Å². The minimum absolute atomic E-state index is 0.0260. The molecule has 2 aromatic rings. The van der Waals surface area contributed by atoms with E-state index in [9.17, 15) is 14.4 Å². The summed E-state index contributed by atoms with van der Waals surface area (Å²) in [5.74, 6) is -1.16. The molecule has 2 aromatic carbocycles. The van der Waals surface area contributed by atoms with Gasteiger partial charge in [-0.2, -0.15) is 0 Å². The Bertz CT molecular complexity index is 805. The van der Waals surface area contributed by atoms with Gasteiger partial charge in [-0.05, 0) is 29.3 Å². The van der Waals surface area contributed by atoms with Crippen LogP contribution in [0.1, 0.15) is 24.0 Å². The minimum atomic E-state index is -0.480. The van der Waals surface area contributed by atoms with Gasteiger partial charge < -0.3 is 5.32 Å². The van der Waals surface area contributed by atoms with E-state index in [0.717, 1.165) is 11.1 Å². The maximum atomic E-state index is 11.7. The molecule has 2 rings (SSSR count). The van der Waals surface area contributed by atoms with Crippen molar-refractivity contribution in [2.75, 3.05) is 0 Å². The van der Waals surface area contributed by atoms with Crippen LogP contribution in [0, 0.1) is 0 Å². The number of carbonyl (C=O) groups is 3. The molecule has 0 aliphatic rings. The van der Waals surface area contributed by atoms with Crippen molar-refractivity contribution < 1.29 is 14.4 Å². The molecule has 3 N–H and O–H groups in total. The van der Waals surface area contributed by atoms with Gasteiger partial charge in [0.05, 0.1) is 0 Å². The Hall–Kier alpha value is -3.12. The highest BCUT2D eigenvalue weighted by molar-refractivity contribution is 6.30. The van der Waals surface area contributed by atoms with Gasteiger partial charge >= 0.3 is 0 Å². The molecule has 140 valence electrons. The number of amides is 3. The van der Waals surface area contributed by atoms with Gasteiger partial charge in [-0.15, -0.1) is 0 Å². The van der Waals surface area contributed by atoms with Crippen LogP contribution in [0.25, 0.3) is 6.08 Å². The third-order valence-electron chi connectivity index (χ3n) is 3.53. The first-order valence-corrected chi connectivity index (χ1v) is 8.74. The van der Waals surface area contributed by atoms with Crippen molar-refractivity contribution >= 4 is 35.4 Å². The number of nitrogens with one attached hydrogen (secondary N) is 3. The quantitative estimate of drug-likeness (QED) is 0.505. The molecular weight excluding hydrogens is 366 g/mol. The largest absolute Gasteiger partial charge is 0.352 e. The SMILES string of the molecule is O=C(/C=C/c1ccc(Cl)cc1)NNC(=O)CCC(=O)NCc1ccccc1. The second kappa shape index (κ2) is 10.8. The molecule has 0 saturated carbocycles. The number of benzene rings is 2. The third-order valence-corrected chi connectivity index (χ3v) is 3.79. The van der Waals surface area contributed by atoms with E-state index in [1.807, 2.05) is 30.3 Å². The summed E-state index contributed by atoms with van der Waals surface area (Å²) in [6.45, 7) is 0.410. The molecule has 6 nitrogen and oxygen atoms in total. The van der Waals surface area contributed by atoms with Gasteiger partial charge in [-0.25, -0.2) is 0 Å². The lowest BCUT2D eigenvalue weighted by Gasteiger charge is -2.06. The molecule has 0 unspecified atom stereocenters. The average molecular weight is 386 g/mol. The normalized spacial score (nSPS) is 10.4. The maximum Gasteiger partial charge on any atom is 0.262 e. The lowest BCUT2D eigenvalue weighted by Crippen LogP contribution is -2.41. The Balaban J connectivity index is 1.62. The Kier molecular flexibility index (Phi) is 8.06. The zero-order chi connectivity index (χ0) is 19.5. The zero-order valence-electron chi connectivity index (χ0n) is 14.6. The number of halogens is 1. The molecule has 27 heavy (non-hydrogen) atoms. The predicted octanol–water partition coefficient (Wildman–Crippen LogP) is 2.60. The van der Waals surface area contributed by atoms with E-state index >= 15 is 0 Å². The van der Waals surface area contributed by atoms with Crippen LogP contribution in [-0.4, -0.2) is 17.7 Å². The summed E-state index contributed by atoms with van der Waals surface area (Å²) in [4.78, 5) is 35.1. The number of carbonyl (C=O) groups excluding carboxylic acids is 3. The second-order valence-electron chi connectivity index (χ2n) is 5.68. The Morgan fingerprint density at radius 1 is 0.852 bits per heavy atom. The third kappa shape index (κ3) is 8.20. The molecule has 0 fully saturated rings. The van der Waals surface area contributed by atoms with E-state index in [-0.39, 0.29) is 18.7 Å². The van der Waals surface area contributed by atoms with Crippen LogP contribution < -0.4 is 16.2 Å². The molecular formula is C20H20ClN3O3. The topological polar surface area (TPSA) is 87.3 Å². The van der Waals surface area contributed by atoms with Crippen molar-refractivity contribution in [3.8, 4) is 0 Å². The van der Waals surface area contributed by atoms with E-state index < -0.39 is 11.8 Å². The smallest absolute Gasteiger partial charge is 0.262 e. The number of rotatable bonds is 7. The van der Waals surface area contributed by atoms with Crippen molar-refractivity contribution in [3.05, 3.63) is 76.8 Å². The molecule has 0 aromatic heterocycles. The molecule has 0 saturated heterocycles. The molecule has 0 spiro atoms. The highest BCUT2D eigenvalue weighted by atomic mass is 35.5. The van der Waals surface area contributed by atoms with Crippen LogP contribution in [0.15, 0.2) is 60.7 Å². The van der Waals surface area contributed by atoms with Gasteiger partial charge in [0, 0.05) is 30.5 Å². The first-order chi connectivity index (χ1) is 13.0. The van der Waals surface area contributed by atoms with Crippen LogP contribution in [0.3, 0.4) is 0 Å². The molecule has 0 aliphatic carbocycles. The van der Waals surface area contributed by atoms with Gasteiger partial charge in [0.15, 0.2) is 0 Å². The van der Waals surface area contributed by atoms with Crippen LogP contribution in [0.5, 0.6) is 0 Å². The Morgan fingerprint density at radius 2 is 1.52 bits per heavy atom. The van der Waals surface area contributed by atoms with Gasteiger partial charge in [0.1, 0.15) is 0 Å². The summed E-state index contributed by atoms with van der Waals surface area (Å²) >= 11 is 5.78. The molecule has 0 heterocycles. The Labute approximate surface area is 162 Å². The van der Waals surface area contributed by atoms with E-state index in [0.29, 0.717) is 11.6 Å². The van der Waals surface area contributed by atoms with Crippen LogP contribution in [-0.2, 0) is 20.9 Å². The molecule has 7 heteroatoms. The van der Waals surface area contributed by atoms with Crippen LogP contribution >= 0.6 is 11.6 Å². The average Bonchev–Trinajstić information content (AvgIpc) is 2.69. The van der Waals surface area contributed by atoms with E-state index in [1.54, 1.807) is 30.3 Å². The number of hydrogen-bond donors (Lipinski definition) is 3. The summed E-state index contributed by atoms with van der Waals surface area (Å²) in [5.41, 5.74) is 6.31. The van der Waals surface area contributed by atoms with Crippen molar-refractivity contribution in [1.82, 2.24) is 16.2 Å². The lowest BCUT2D eigenvalue weighted by atomic mass is 10.2. The summed E-state index contributed by atoms with van der Waals surface area (Å²) in [6, 6.07) is 16.4. The highest BCUT2D eigenvalue weighted by Crippen LogP contribution is 2.10. The summed E-state index contributed by atoms with van der Waals surface area (Å²) in [7, 11) is 0. The standard InChI is InChI=1S/C20H20ClN3O3/c21-17-9-6-15(7-10-17)8-11-19(26)23-24-20(27)13-12-18(25)22-14-16-4-2-1-3-5-16/h1-11H,12-14H2,(H,22,25)(H,23,26)(H,24,27)/b11-8+. The molecule has 0 radical (unpaired) electrons. The highest BCUT2D eigenvalue weighted by Gasteiger charge is 2.07. The molecule has 3 amide bonds. The minimum Gasteiger partial charge on any atom is -0.352 e. The van der Waals surface area contributed by atoms with Crippen LogP contribution in [0.2, 0.25) is 5.02 Å². The fourth-order valence-electron chi connectivity index (χ4n) is 2.09. The number of hydrazine groups is 1. The van der Waals surface area contributed by atoms with Gasteiger partial charge in [0.25, 0.3) is 5.91 Å². The van der Waals surface area contributed by atoms with E-state index in [1.165, 1.54) is 6.08 Å². The second-order valence-corrected chi connectivity index (χ2v) is 6.12. The predicted molar refractivity (Wildman–Crippen MR) is 104 cm³/mol. The summed E-state index contributed by atoms with van der Waals surface area (Å²) < 4.78 is 0. The summed E-state index contributed by atoms with van der Waals surface area (Å²) in [6.07, 6.45) is 2.89. The molecule has 0 bridgehead atoms. The molecule has 0 atom stereocenters. The zero-order valence-corrected chi connectivity index (χ0v) is 15.3. The number of hydrogen-bond acceptors (Lipinski definition) is 3. The first-order valence-electron chi connectivity index (χ1n) is 8.36. The summed E-state index contributed by atoms with van der Waals surface area (Å²) in [5, 5.41) is 3.34. The van der Waals surface area contributed by atoms with Crippen molar-refractivity contribution in [1.29, 1.82) is 0 Å². The van der Waals surface area contributed by atoms with Crippen molar-refractivity contribution in [2.45, 2.75) is 19.4 Å². The van der Waals surface area contributed by atoms with Gasteiger partial charge in [0.2, 0.25) is 11.8 Å². The lowest BCUT2D eigenvalue weighted by molar-refractivity contribution is -0.129. The molecule has 0 aliphatic heterocycles. The van der Waals surface area contributed by atoms with Crippen molar-refractivity contribution in [2.24, 2.45) is 0 Å². The fraction of sp³-hybridized carbons (Fsp3) is 0.150.